The smallest absolute Gasteiger partial charge is 0.223 e. The number of hydrogen-bond donors (Lipinski definition) is 0. The second-order valence-electron chi connectivity index (χ2n) is 7.53. The second-order valence-corrected chi connectivity index (χ2v) is 8.61. The minimum absolute atomic E-state index is 0.00714. The molecule has 0 atom stereocenters. The molecule has 3 heterocycles. The van der Waals surface area contributed by atoms with E-state index < -0.39 is 5.41 Å². The van der Waals surface area contributed by atoms with Gasteiger partial charge < -0.3 is 4.42 Å². The molecule has 0 aliphatic heterocycles. The standard InChI is InChI=1S/C21H15FN6O2S/c22-19-13(14-3-6-24-11-25-14)1-2-15-20(19)31-18(26-15)8-17-28-27-16(30-17)7-12(29)9-21(10-23)4-5-21/h1-3,6,11H,4-5,7-9H2. The molecule has 0 unspecified atom stereocenters. The van der Waals surface area contributed by atoms with Crippen molar-refractivity contribution in [3.63, 3.8) is 0 Å². The van der Waals surface area contributed by atoms with Crippen LogP contribution in [0.5, 0.6) is 0 Å². The number of nitrogens with zero attached hydrogens (tertiary/aromatic N) is 6. The van der Waals surface area contributed by atoms with Gasteiger partial charge in [-0.3, -0.25) is 4.79 Å². The summed E-state index contributed by atoms with van der Waals surface area (Å²) in [4.78, 5) is 24.6. The van der Waals surface area contributed by atoms with Gasteiger partial charge in [-0.05, 0) is 31.0 Å². The molecule has 1 aromatic carbocycles. The zero-order valence-electron chi connectivity index (χ0n) is 16.2. The lowest BCUT2D eigenvalue weighted by atomic mass is 10.00. The molecule has 0 spiro atoms. The highest BCUT2D eigenvalue weighted by Crippen LogP contribution is 2.48. The Balaban J connectivity index is 1.31. The Morgan fingerprint density at radius 1 is 1.26 bits per heavy atom. The Morgan fingerprint density at radius 2 is 2.10 bits per heavy atom. The third-order valence-corrected chi connectivity index (χ3v) is 6.25. The summed E-state index contributed by atoms with van der Waals surface area (Å²) >= 11 is 1.21. The first kappa shape index (κ1) is 19.4. The van der Waals surface area contributed by atoms with E-state index in [0.717, 1.165) is 12.8 Å². The number of hydrogen-bond acceptors (Lipinski definition) is 9. The maximum atomic E-state index is 15.0. The fourth-order valence-corrected chi connectivity index (χ4v) is 4.37. The van der Waals surface area contributed by atoms with Gasteiger partial charge in [0.1, 0.15) is 17.1 Å². The van der Waals surface area contributed by atoms with Gasteiger partial charge in [0.2, 0.25) is 11.8 Å². The average molecular weight is 434 g/mol. The molecular formula is C21H15FN6O2S. The van der Waals surface area contributed by atoms with Crippen molar-refractivity contribution in [2.24, 2.45) is 5.41 Å². The van der Waals surface area contributed by atoms with E-state index in [4.69, 9.17) is 9.68 Å². The van der Waals surface area contributed by atoms with Crippen molar-refractivity contribution in [2.75, 3.05) is 0 Å². The SMILES string of the molecule is N#CC1(CC(=O)Cc2nnc(Cc3nc4ccc(-c5ccncn5)c(F)c4s3)o2)CC1. The van der Waals surface area contributed by atoms with Gasteiger partial charge in [0.05, 0.1) is 40.2 Å². The van der Waals surface area contributed by atoms with Crippen LogP contribution in [0.15, 0.2) is 35.1 Å². The Kier molecular flexibility index (Phi) is 4.75. The topological polar surface area (TPSA) is 118 Å². The van der Waals surface area contributed by atoms with Crippen LogP contribution in [0.4, 0.5) is 4.39 Å². The maximum absolute atomic E-state index is 15.0. The Labute approximate surface area is 179 Å². The van der Waals surface area contributed by atoms with Crippen molar-refractivity contribution in [1.82, 2.24) is 25.1 Å². The number of aromatic nitrogens is 5. The van der Waals surface area contributed by atoms with Gasteiger partial charge in [-0.15, -0.1) is 21.5 Å². The summed E-state index contributed by atoms with van der Waals surface area (Å²) in [6.45, 7) is 0. The van der Waals surface area contributed by atoms with E-state index in [9.17, 15) is 4.79 Å². The molecule has 3 aromatic heterocycles. The fraction of sp³-hybridized carbons (Fsp3) is 0.286. The lowest BCUT2D eigenvalue weighted by Crippen LogP contribution is -2.10. The lowest BCUT2D eigenvalue weighted by molar-refractivity contribution is -0.119. The van der Waals surface area contributed by atoms with Crippen LogP contribution in [-0.2, 0) is 17.6 Å². The number of Topliss-reactive ketones (excluding diaryl/α,β-unsaturated/α-hetero) is 1. The number of nitriles is 1. The van der Waals surface area contributed by atoms with Crippen LogP contribution in [-0.4, -0.2) is 30.9 Å². The van der Waals surface area contributed by atoms with Gasteiger partial charge in [-0.2, -0.15) is 5.26 Å². The largest absolute Gasteiger partial charge is 0.424 e. The monoisotopic (exact) mass is 434 g/mol. The molecule has 8 nitrogen and oxygen atoms in total. The molecule has 10 heteroatoms. The van der Waals surface area contributed by atoms with Crippen LogP contribution < -0.4 is 0 Å². The highest BCUT2D eigenvalue weighted by molar-refractivity contribution is 7.18. The van der Waals surface area contributed by atoms with Crippen molar-refractivity contribution in [3.8, 4) is 17.3 Å². The van der Waals surface area contributed by atoms with E-state index in [1.54, 1.807) is 24.4 Å². The highest BCUT2D eigenvalue weighted by Gasteiger charge is 2.44. The number of thiazole rings is 1. The molecule has 1 aliphatic carbocycles. The van der Waals surface area contributed by atoms with E-state index in [1.165, 1.54) is 17.7 Å². The number of carbonyl (C=O) groups excluding carboxylic acids is 1. The van der Waals surface area contributed by atoms with Gasteiger partial charge in [-0.1, -0.05) is 0 Å². The highest BCUT2D eigenvalue weighted by atomic mass is 32.1. The van der Waals surface area contributed by atoms with Crippen molar-refractivity contribution < 1.29 is 13.6 Å². The van der Waals surface area contributed by atoms with Crippen molar-refractivity contribution in [2.45, 2.75) is 32.1 Å². The molecule has 1 saturated carbocycles. The summed E-state index contributed by atoms with van der Waals surface area (Å²) in [6, 6.07) is 7.25. The van der Waals surface area contributed by atoms with Gasteiger partial charge in [0, 0.05) is 18.2 Å². The normalized spacial score (nSPS) is 14.5. The van der Waals surface area contributed by atoms with Crippen LogP contribution in [0.3, 0.4) is 0 Å². The number of fused-ring (bicyclic) bond motifs is 1. The van der Waals surface area contributed by atoms with Crippen LogP contribution in [0.1, 0.15) is 36.1 Å². The molecule has 5 rings (SSSR count). The number of rotatable bonds is 7. The summed E-state index contributed by atoms with van der Waals surface area (Å²) in [6.07, 6.45) is 4.92. The Bertz CT molecular complexity index is 1320. The quantitative estimate of drug-likeness (QED) is 0.432. The van der Waals surface area contributed by atoms with Gasteiger partial charge in [0.15, 0.2) is 5.82 Å². The molecule has 0 bridgehead atoms. The fourth-order valence-electron chi connectivity index (χ4n) is 3.38. The summed E-state index contributed by atoms with van der Waals surface area (Å²) < 4.78 is 21.0. The van der Waals surface area contributed by atoms with Crippen molar-refractivity contribution in [1.29, 1.82) is 5.26 Å². The number of benzene rings is 1. The number of carbonyl (C=O) groups is 1. The van der Waals surface area contributed by atoms with E-state index >= 15 is 4.39 Å². The molecule has 0 radical (unpaired) electrons. The van der Waals surface area contributed by atoms with Crippen LogP contribution in [0.2, 0.25) is 0 Å². The zero-order valence-corrected chi connectivity index (χ0v) is 17.0. The maximum Gasteiger partial charge on any atom is 0.223 e. The summed E-state index contributed by atoms with van der Waals surface area (Å²) in [5.41, 5.74) is 0.932. The molecule has 0 saturated heterocycles. The van der Waals surface area contributed by atoms with Crippen LogP contribution in [0, 0.1) is 22.6 Å². The predicted octanol–water partition coefficient (Wildman–Crippen LogP) is 3.67. The molecule has 154 valence electrons. The van der Waals surface area contributed by atoms with Crippen molar-refractivity contribution in [3.05, 3.63) is 53.3 Å². The molecule has 0 N–H and O–H groups in total. The minimum Gasteiger partial charge on any atom is -0.424 e. The minimum atomic E-state index is -0.490. The van der Waals surface area contributed by atoms with Gasteiger partial charge in [0.25, 0.3) is 0 Å². The third kappa shape index (κ3) is 3.92. The van der Waals surface area contributed by atoms with Crippen LogP contribution >= 0.6 is 11.3 Å². The first-order valence-corrected chi connectivity index (χ1v) is 10.5. The summed E-state index contributed by atoms with van der Waals surface area (Å²) in [7, 11) is 0. The zero-order chi connectivity index (χ0) is 21.4. The molecule has 1 fully saturated rings. The lowest BCUT2D eigenvalue weighted by Gasteiger charge is -2.01. The predicted molar refractivity (Wildman–Crippen MR) is 108 cm³/mol. The van der Waals surface area contributed by atoms with E-state index in [1.807, 2.05) is 0 Å². The summed E-state index contributed by atoms with van der Waals surface area (Å²) in [5.74, 6) is 0.0450. The van der Waals surface area contributed by atoms with E-state index in [-0.39, 0.29) is 36.8 Å². The number of halogens is 1. The first-order chi connectivity index (χ1) is 15.0. The molecule has 0 amide bonds. The van der Waals surface area contributed by atoms with Crippen LogP contribution in [0.25, 0.3) is 21.5 Å². The van der Waals surface area contributed by atoms with Gasteiger partial charge >= 0.3 is 0 Å². The first-order valence-electron chi connectivity index (χ1n) is 9.64. The third-order valence-electron chi connectivity index (χ3n) is 5.19. The van der Waals surface area contributed by atoms with Crippen molar-refractivity contribution >= 4 is 27.3 Å². The Hall–Kier alpha value is -3.58. The summed E-state index contributed by atoms with van der Waals surface area (Å²) in [5, 5.41) is 17.6. The number of ketones is 1. The second kappa shape index (κ2) is 7.59. The molecular weight excluding hydrogens is 419 g/mol. The Morgan fingerprint density at radius 3 is 2.84 bits per heavy atom. The molecule has 31 heavy (non-hydrogen) atoms. The average Bonchev–Trinajstić information content (AvgIpc) is 3.20. The molecule has 4 aromatic rings. The van der Waals surface area contributed by atoms with E-state index in [2.05, 4.69) is 31.2 Å². The molecule has 1 aliphatic rings. The van der Waals surface area contributed by atoms with E-state index in [0.29, 0.717) is 32.4 Å². The van der Waals surface area contributed by atoms with Gasteiger partial charge in [-0.25, -0.2) is 19.3 Å².